The number of methoxy groups -OCH3 is 1. The SMILES string of the molecule is COC(=O)[C@H]1O[C@@H](O[C@@H]2[C@@H](NC(=O)C(Cl)(Cl)Cl)[C@H](Oc3cccc4ccccc34)O[C@H](COC(C)=O)[C@@H]2OC(C)=O)[C@H](OC(C)=O)[C@@H](OC(C)=O)[C@@H]1OC(C)=O. The highest BCUT2D eigenvalue weighted by molar-refractivity contribution is 6.76. The fraction of sp³-hybridized carbons (Fsp3) is 0.514. The van der Waals surface area contributed by atoms with Crippen molar-refractivity contribution in [3.8, 4) is 5.75 Å². The van der Waals surface area contributed by atoms with E-state index in [0.29, 0.717) is 5.39 Å². The van der Waals surface area contributed by atoms with Gasteiger partial charge in [-0.15, -0.1) is 0 Å². The van der Waals surface area contributed by atoms with Gasteiger partial charge in [0.1, 0.15) is 30.6 Å². The summed E-state index contributed by atoms with van der Waals surface area (Å²) >= 11 is 17.9. The van der Waals surface area contributed by atoms with Crippen LogP contribution in [0.3, 0.4) is 0 Å². The number of fused-ring (bicyclic) bond motifs is 1. The van der Waals surface area contributed by atoms with Crippen LogP contribution in [0.4, 0.5) is 0 Å². The number of hydrogen-bond donors (Lipinski definition) is 1. The van der Waals surface area contributed by atoms with Gasteiger partial charge in [-0.3, -0.25) is 28.8 Å². The maximum atomic E-state index is 13.4. The second kappa shape index (κ2) is 19.1. The molecule has 2 aromatic rings. The van der Waals surface area contributed by atoms with Gasteiger partial charge in [-0.2, -0.15) is 0 Å². The van der Waals surface area contributed by atoms with Gasteiger partial charge in [0.2, 0.25) is 6.29 Å². The van der Waals surface area contributed by atoms with Crippen molar-refractivity contribution in [3.05, 3.63) is 42.5 Å². The van der Waals surface area contributed by atoms with Gasteiger partial charge < -0.3 is 52.7 Å². The van der Waals surface area contributed by atoms with Crippen molar-refractivity contribution in [1.29, 1.82) is 0 Å². The lowest BCUT2D eigenvalue weighted by atomic mass is 9.94. The van der Waals surface area contributed by atoms with Gasteiger partial charge in [0.15, 0.2) is 36.8 Å². The molecule has 10 atom stereocenters. The zero-order chi connectivity index (χ0) is 41.5. The Labute approximate surface area is 334 Å². The topological polar surface area (TPSA) is 224 Å². The Morgan fingerprint density at radius 3 is 1.84 bits per heavy atom. The molecule has 2 fully saturated rings. The number of carbonyl (C=O) groups excluding carboxylic acids is 7. The first kappa shape index (κ1) is 44.3. The summed E-state index contributed by atoms with van der Waals surface area (Å²) in [6, 6.07) is 10.4. The minimum atomic E-state index is -2.62. The molecule has 0 unspecified atom stereocenters. The molecule has 56 heavy (non-hydrogen) atoms. The lowest BCUT2D eigenvalue weighted by Crippen LogP contribution is -2.70. The predicted octanol–water partition coefficient (Wildman–Crippen LogP) is 2.37. The molecule has 0 radical (unpaired) electrons. The molecule has 1 amide bonds. The van der Waals surface area contributed by atoms with E-state index in [1.807, 2.05) is 0 Å². The molecule has 0 saturated carbocycles. The van der Waals surface area contributed by atoms with Crippen LogP contribution < -0.4 is 10.1 Å². The average Bonchev–Trinajstić information content (AvgIpc) is 3.10. The Morgan fingerprint density at radius 2 is 1.25 bits per heavy atom. The lowest BCUT2D eigenvalue weighted by molar-refractivity contribution is -0.337. The standard InChI is InChI=1S/C35H38Cl3NO17/c1-15(40)48-14-23-25(49-16(2)41)26(24(39-34(46)35(36,37)38)32(54-23)53-22-13-9-11-20-10-7-8-12-21(20)22)55-33-30(52-19(5)44)28(51-18(4)43)27(50-17(3)42)29(56-33)31(45)47-6/h7-13,23-30,32-33H,14H2,1-6H3,(H,39,46)/t23-,24-,25+,26-,27+,28+,29+,30-,32-,33-/m1/s1. The molecule has 306 valence electrons. The van der Waals surface area contributed by atoms with Gasteiger partial charge in [-0.1, -0.05) is 71.2 Å². The van der Waals surface area contributed by atoms with Crippen LogP contribution >= 0.6 is 34.8 Å². The number of carbonyl (C=O) groups is 7. The summed E-state index contributed by atoms with van der Waals surface area (Å²) in [5.74, 6) is -6.82. The van der Waals surface area contributed by atoms with Gasteiger partial charge in [0, 0.05) is 40.0 Å². The number of amides is 1. The quantitative estimate of drug-likeness (QED) is 0.184. The third kappa shape index (κ3) is 11.3. The van der Waals surface area contributed by atoms with Gasteiger partial charge in [-0.05, 0) is 11.5 Å². The van der Waals surface area contributed by atoms with Crippen molar-refractivity contribution in [3.63, 3.8) is 0 Å². The van der Waals surface area contributed by atoms with Crippen LogP contribution in [-0.2, 0) is 76.2 Å². The van der Waals surface area contributed by atoms with Crippen molar-refractivity contribution in [2.24, 2.45) is 0 Å². The van der Waals surface area contributed by atoms with Crippen LogP contribution in [0.1, 0.15) is 34.6 Å². The van der Waals surface area contributed by atoms with E-state index in [1.54, 1.807) is 42.5 Å². The third-order valence-electron chi connectivity index (χ3n) is 8.07. The summed E-state index contributed by atoms with van der Waals surface area (Å²) in [7, 11) is 0.984. The first-order chi connectivity index (χ1) is 26.3. The van der Waals surface area contributed by atoms with Crippen LogP contribution in [0.15, 0.2) is 42.5 Å². The van der Waals surface area contributed by atoms with E-state index in [4.69, 9.17) is 82.2 Å². The van der Waals surface area contributed by atoms with Crippen LogP contribution in [0.25, 0.3) is 10.8 Å². The zero-order valence-electron chi connectivity index (χ0n) is 30.6. The maximum absolute atomic E-state index is 13.4. The lowest BCUT2D eigenvalue weighted by Gasteiger charge is -2.49. The Hall–Kier alpha value is -4.46. The fourth-order valence-corrected chi connectivity index (χ4v) is 6.15. The second-order valence-electron chi connectivity index (χ2n) is 12.3. The van der Waals surface area contributed by atoms with E-state index >= 15 is 0 Å². The first-order valence-corrected chi connectivity index (χ1v) is 17.8. The Kier molecular flexibility index (Phi) is 15.1. The van der Waals surface area contributed by atoms with Gasteiger partial charge in [0.05, 0.1) is 7.11 Å². The summed E-state index contributed by atoms with van der Waals surface area (Å²) in [6.07, 6.45) is -15.9. The van der Waals surface area contributed by atoms with Gasteiger partial charge in [-0.25, -0.2) is 4.79 Å². The number of halogens is 3. The largest absolute Gasteiger partial charge is 0.467 e. The molecule has 0 spiro atoms. The maximum Gasteiger partial charge on any atom is 0.339 e. The summed E-state index contributed by atoms with van der Waals surface area (Å²) in [4.78, 5) is 88.4. The third-order valence-corrected chi connectivity index (χ3v) is 8.59. The molecule has 2 saturated heterocycles. The first-order valence-electron chi connectivity index (χ1n) is 16.7. The van der Waals surface area contributed by atoms with Gasteiger partial charge >= 0.3 is 35.8 Å². The molecule has 0 bridgehead atoms. The Bertz CT molecular complexity index is 1800. The van der Waals surface area contributed by atoms with E-state index in [1.165, 1.54) is 0 Å². The van der Waals surface area contributed by atoms with E-state index in [-0.39, 0.29) is 5.75 Å². The molecule has 2 aromatic carbocycles. The molecular weight excluding hydrogens is 813 g/mol. The highest BCUT2D eigenvalue weighted by Gasteiger charge is 2.59. The van der Waals surface area contributed by atoms with E-state index in [9.17, 15) is 33.6 Å². The number of nitrogens with one attached hydrogen (secondary N) is 1. The highest BCUT2D eigenvalue weighted by Crippen LogP contribution is 2.37. The van der Waals surface area contributed by atoms with Crippen molar-refractivity contribution in [2.45, 2.75) is 99.8 Å². The molecular formula is C35H38Cl3NO17. The van der Waals surface area contributed by atoms with E-state index in [2.05, 4.69) is 5.32 Å². The fourth-order valence-electron chi connectivity index (χ4n) is 5.99. The van der Waals surface area contributed by atoms with Crippen LogP contribution in [0, 0.1) is 0 Å². The molecule has 2 heterocycles. The number of rotatable bonds is 12. The zero-order valence-corrected chi connectivity index (χ0v) is 32.9. The molecule has 2 aliphatic rings. The summed E-state index contributed by atoms with van der Waals surface area (Å²) in [6.45, 7) is 4.50. The average molecular weight is 851 g/mol. The van der Waals surface area contributed by atoms with E-state index < -0.39 is 113 Å². The van der Waals surface area contributed by atoms with Crippen molar-refractivity contribution in [2.75, 3.05) is 13.7 Å². The smallest absolute Gasteiger partial charge is 0.339 e. The van der Waals surface area contributed by atoms with Crippen LogP contribution in [0.5, 0.6) is 5.75 Å². The van der Waals surface area contributed by atoms with Crippen LogP contribution in [0.2, 0.25) is 0 Å². The van der Waals surface area contributed by atoms with Crippen molar-refractivity contribution >= 4 is 87.3 Å². The second-order valence-corrected chi connectivity index (χ2v) is 14.6. The monoisotopic (exact) mass is 849 g/mol. The summed E-state index contributed by atoms with van der Waals surface area (Å²) < 4.78 is 54.3. The minimum absolute atomic E-state index is 0.203. The molecule has 0 aliphatic carbocycles. The normalized spacial score (nSPS) is 27.5. The minimum Gasteiger partial charge on any atom is -0.467 e. The number of hydrogen-bond acceptors (Lipinski definition) is 17. The molecule has 4 rings (SSSR count). The highest BCUT2D eigenvalue weighted by atomic mass is 35.6. The Balaban J connectivity index is 1.94. The molecule has 1 N–H and O–H groups in total. The number of esters is 6. The molecule has 18 nitrogen and oxygen atoms in total. The molecule has 21 heteroatoms. The van der Waals surface area contributed by atoms with E-state index in [0.717, 1.165) is 47.1 Å². The summed E-state index contributed by atoms with van der Waals surface area (Å²) in [5.41, 5.74) is 0. The van der Waals surface area contributed by atoms with Crippen molar-refractivity contribution < 1.29 is 80.9 Å². The van der Waals surface area contributed by atoms with Crippen molar-refractivity contribution in [1.82, 2.24) is 5.32 Å². The van der Waals surface area contributed by atoms with Crippen LogP contribution in [-0.4, -0.2) is 121 Å². The molecule has 2 aliphatic heterocycles. The number of ether oxygens (including phenoxy) is 10. The predicted molar refractivity (Wildman–Crippen MR) is 190 cm³/mol. The number of benzene rings is 2. The molecule has 0 aromatic heterocycles. The Morgan fingerprint density at radius 1 is 0.679 bits per heavy atom. The van der Waals surface area contributed by atoms with Gasteiger partial charge in [0.25, 0.3) is 9.70 Å². The summed E-state index contributed by atoms with van der Waals surface area (Å²) in [5, 5.41) is 3.78. The number of alkyl halides is 3.